The first-order chi connectivity index (χ1) is 8.56. The van der Waals surface area contributed by atoms with Crippen molar-refractivity contribution in [1.82, 2.24) is 10.6 Å². The molecule has 1 fully saturated rings. The maximum absolute atomic E-state index is 13.5. The maximum Gasteiger partial charge on any atom is 0.254 e. The van der Waals surface area contributed by atoms with Gasteiger partial charge in [0, 0.05) is 18.2 Å². The third kappa shape index (κ3) is 2.98. The Labute approximate surface area is 105 Å². The molecule has 1 aromatic rings. The molecule has 3 N–H and O–H groups in total. The van der Waals surface area contributed by atoms with Gasteiger partial charge in [-0.05, 0) is 38.4 Å². The van der Waals surface area contributed by atoms with Crippen molar-refractivity contribution >= 4 is 5.91 Å². The highest BCUT2D eigenvalue weighted by Crippen LogP contribution is 2.16. The van der Waals surface area contributed by atoms with Crippen molar-refractivity contribution in [2.24, 2.45) is 0 Å². The Morgan fingerprint density at radius 3 is 3.00 bits per heavy atom. The van der Waals surface area contributed by atoms with E-state index in [0.29, 0.717) is 6.04 Å². The molecular weight excluding hydrogens is 235 g/mol. The fraction of sp³-hybridized carbons (Fsp3) is 0.462. The minimum atomic E-state index is -0.700. The molecular formula is C13H17FN2O2. The van der Waals surface area contributed by atoms with Crippen LogP contribution in [0.2, 0.25) is 0 Å². The Kier molecular flexibility index (Phi) is 3.81. The zero-order valence-electron chi connectivity index (χ0n) is 10.2. The van der Waals surface area contributed by atoms with E-state index in [0.717, 1.165) is 25.5 Å². The molecule has 4 nitrogen and oxygen atoms in total. The number of piperidine rings is 1. The van der Waals surface area contributed by atoms with Crippen molar-refractivity contribution in [2.45, 2.75) is 31.8 Å². The molecule has 18 heavy (non-hydrogen) atoms. The minimum absolute atomic E-state index is 0.0287. The van der Waals surface area contributed by atoms with Crippen molar-refractivity contribution in [1.29, 1.82) is 0 Å². The summed E-state index contributed by atoms with van der Waals surface area (Å²) in [5.74, 6) is -1.30. The molecule has 1 aliphatic rings. The standard InChI is InChI=1S/C13H17FN2O2/c1-8-6-9(4-5-15-8)16-13(18)11-3-2-10(17)7-12(11)14/h2-3,7-9,15,17H,4-6H2,1H3,(H,16,18). The number of amides is 1. The summed E-state index contributed by atoms with van der Waals surface area (Å²) < 4.78 is 13.5. The Bertz CT molecular complexity index is 451. The molecule has 2 atom stereocenters. The Morgan fingerprint density at radius 1 is 1.56 bits per heavy atom. The largest absolute Gasteiger partial charge is 0.508 e. The number of phenols is 1. The molecule has 2 unspecified atom stereocenters. The molecule has 1 heterocycles. The fourth-order valence-corrected chi connectivity index (χ4v) is 2.21. The highest BCUT2D eigenvalue weighted by molar-refractivity contribution is 5.94. The second-order valence-electron chi connectivity index (χ2n) is 4.71. The monoisotopic (exact) mass is 252 g/mol. The lowest BCUT2D eigenvalue weighted by Crippen LogP contribution is -2.46. The summed E-state index contributed by atoms with van der Waals surface area (Å²) in [6.45, 7) is 2.91. The quantitative estimate of drug-likeness (QED) is 0.745. The van der Waals surface area contributed by atoms with Gasteiger partial charge in [0.2, 0.25) is 0 Å². The lowest BCUT2D eigenvalue weighted by Gasteiger charge is -2.28. The molecule has 1 amide bonds. The Morgan fingerprint density at radius 2 is 2.33 bits per heavy atom. The number of benzene rings is 1. The van der Waals surface area contributed by atoms with E-state index in [2.05, 4.69) is 17.6 Å². The summed E-state index contributed by atoms with van der Waals surface area (Å²) in [5.41, 5.74) is -0.0287. The molecule has 0 radical (unpaired) electrons. The maximum atomic E-state index is 13.5. The van der Waals surface area contributed by atoms with Crippen LogP contribution in [-0.4, -0.2) is 29.6 Å². The number of rotatable bonds is 2. The number of phenolic OH excluding ortho intramolecular Hbond substituents is 1. The molecule has 1 saturated heterocycles. The third-order valence-electron chi connectivity index (χ3n) is 3.16. The zero-order valence-corrected chi connectivity index (χ0v) is 10.2. The van der Waals surface area contributed by atoms with Gasteiger partial charge in [-0.2, -0.15) is 0 Å². The van der Waals surface area contributed by atoms with Gasteiger partial charge >= 0.3 is 0 Å². The van der Waals surface area contributed by atoms with Crippen LogP contribution in [-0.2, 0) is 0 Å². The first-order valence-corrected chi connectivity index (χ1v) is 6.09. The summed E-state index contributed by atoms with van der Waals surface area (Å²) in [6.07, 6.45) is 1.68. The minimum Gasteiger partial charge on any atom is -0.508 e. The van der Waals surface area contributed by atoms with E-state index < -0.39 is 11.7 Å². The average molecular weight is 252 g/mol. The van der Waals surface area contributed by atoms with Crippen LogP contribution in [0.5, 0.6) is 5.75 Å². The predicted molar refractivity (Wildman–Crippen MR) is 66.0 cm³/mol. The molecule has 1 aliphatic heterocycles. The van der Waals surface area contributed by atoms with Crippen LogP contribution in [0.4, 0.5) is 4.39 Å². The van der Waals surface area contributed by atoms with Gasteiger partial charge in [0.1, 0.15) is 11.6 Å². The van der Waals surface area contributed by atoms with E-state index in [1.165, 1.54) is 12.1 Å². The van der Waals surface area contributed by atoms with Crippen molar-refractivity contribution in [2.75, 3.05) is 6.54 Å². The van der Waals surface area contributed by atoms with Crippen LogP contribution >= 0.6 is 0 Å². The van der Waals surface area contributed by atoms with E-state index in [-0.39, 0.29) is 17.4 Å². The molecule has 98 valence electrons. The molecule has 0 aliphatic carbocycles. The van der Waals surface area contributed by atoms with Gasteiger partial charge < -0.3 is 15.7 Å². The fourth-order valence-electron chi connectivity index (χ4n) is 2.21. The zero-order chi connectivity index (χ0) is 13.1. The number of hydrogen-bond donors (Lipinski definition) is 3. The highest BCUT2D eigenvalue weighted by atomic mass is 19.1. The lowest BCUT2D eigenvalue weighted by atomic mass is 10.00. The first kappa shape index (κ1) is 12.8. The molecule has 0 aromatic heterocycles. The van der Waals surface area contributed by atoms with E-state index in [1.54, 1.807) is 0 Å². The summed E-state index contributed by atoms with van der Waals surface area (Å²) in [6, 6.07) is 3.98. The molecule has 0 bridgehead atoms. The number of hydrogen-bond acceptors (Lipinski definition) is 3. The molecule has 1 aromatic carbocycles. The van der Waals surface area contributed by atoms with Crippen LogP contribution in [0, 0.1) is 5.82 Å². The van der Waals surface area contributed by atoms with Crippen LogP contribution in [0.15, 0.2) is 18.2 Å². The van der Waals surface area contributed by atoms with Crippen LogP contribution in [0.25, 0.3) is 0 Å². The van der Waals surface area contributed by atoms with Crippen molar-refractivity contribution in [3.63, 3.8) is 0 Å². The molecule has 0 saturated carbocycles. The summed E-state index contributed by atoms with van der Waals surface area (Å²) >= 11 is 0. The van der Waals surface area contributed by atoms with Gasteiger partial charge in [0.15, 0.2) is 0 Å². The second kappa shape index (κ2) is 5.35. The van der Waals surface area contributed by atoms with Crippen LogP contribution in [0.3, 0.4) is 0 Å². The van der Waals surface area contributed by atoms with E-state index in [4.69, 9.17) is 5.11 Å². The summed E-state index contributed by atoms with van der Waals surface area (Å²) in [4.78, 5) is 11.9. The molecule has 2 rings (SSSR count). The normalized spacial score (nSPS) is 23.7. The van der Waals surface area contributed by atoms with Gasteiger partial charge in [0.25, 0.3) is 5.91 Å². The highest BCUT2D eigenvalue weighted by Gasteiger charge is 2.21. The van der Waals surface area contributed by atoms with E-state index in [9.17, 15) is 9.18 Å². The SMILES string of the molecule is CC1CC(NC(=O)c2ccc(O)cc2F)CCN1. The molecule has 5 heteroatoms. The van der Waals surface area contributed by atoms with Crippen molar-refractivity contribution in [3.8, 4) is 5.75 Å². The van der Waals surface area contributed by atoms with Gasteiger partial charge in [-0.1, -0.05) is 0 Å². The number of carbonyl (C=O) groups excluding carboxylic acids is 1. The topological polar surface area (TPSA) is 61.4 Å². The summed E-state index contributed by atoms with van der Waals surface area (Å²) in [7, 11) is 0. The number of carbonyl (C=O) groups is 1. The van der Waals surface area contributed by atoms with Gasteiger partial charge in [0.05, 0.1) is 5.56 Å². The lowest BCUT2D eigenvalue weighted by molar-refractivity contribution is 0.0921. The predicted octanol–water partition coefficient (Wildman–Crippen LogP) is 1.40. The summed E-state index contributed by atoms with van der Waals surface area (Å²) in [5, 5.41) is 15.2. The van der Waals surface area contributed by atoms with E-state index >= 15 is 0 Å². The van der Waals surface area contributed by atoms with Gasteiger partial charge in [-0.3, -0.25) is 4.79 Å². The Hall–Kier alpha value is -1.62. The first-order valence-electron chi connectivity index (χ1n) is 6.09. The van der Waals surface area contributed by atoms with Crippen molar-refractivity contribution in [3.05, 3.63) is 29.6 Å². The molecule has 0 spiro atoms. The number of halogens is 1. The van der Waals surface area contributed by atoms with E-state index in [1.807, 2.05) is 0 Å². The average Bonchev–Trinajstić information content (AvgIpc) is 2.28. The number of nitrogens with one attached hydrogen (secondary N) is 2. The van der Waals surface area contributed by atoms with Crippen LogP contribution < -0.4 is 10.6 Å². The van der Waals surface area contributed by atoms with Crippen LogP contribution in [0.1, 0.15) is 30.1 Å². The smallest absolute Gasteiger partial charge is 0.254 e. The number of aromatic hydroxyl groups is 1. The van der Waals surface area contributed by atoms with Crippen molar-refractivity contribution < 1.29 is 14.3 Å². The second-order valence-corrected chi connectivity index (χ2v) is 4.71. The Balaban J connectivity index is 2.03. The van der Waals surface area contributed by atoms with Gasteiger partial charge in [-0.25, -0.2) is 4.39 Å². The van der Waals surface area contributed by atoms with Gasteiger partial charge in [-0.15, -0.1) is 0 Å². The third-order valence-corrected chi connectivity index (χ3v) is 3.16.